The predicted octanol–water partition coefficient (Wildman–Crippen LogP) is 3.42. The molecule has 0 bridgehead atoms. The molecule has 72 valence electrons. The fourth-order valence-electron chi connectivity index (χ4n) is 1.54. The molecule has 0 fully saturated rings. The quantitative estimate of drug-likeness (QED) is 0.691. The van der Waals surface area contributed by atoms with Crippen molar-refractivity contribution >= 4 is 27.7 Å². The first-order chi connectivity index (χ1) is 6.77. The lowest BCUT2D eigenvalue weighted by Crippen LogP contribution is -1.92. The number of carbonyl (C=O) groups excluding carboxylic acids is 1. The van der Waals surface area contributed by atoms with E-state index < -0.39 is 0 Å². The molecule has 1 aromatic carbocycles. The topological polar surface area (TPSA) is 17.1 Å². The van der Waals surface area contributed by atoms with E-state index in [0.717, 1.165) is 11.0 Å². The predicted molar refractivity (Wildman–Crippen MR) is 56.5 cm³/mol. The van der Waals surface area contributed by atoms with Crippen LogP contribution in [-0.2, 0) is 6.42 Å². The normalized spacial score (nSPS) is 10.7. The minimum atomic E-state index is -0.186. The maximum Gasteiger partial charge on any atom is 0.151 e. The Morgan fingerprint density at radius 2 is 2.36 bits per heavy atom. The van der Waals surface area contributed by atoms with Crippen molar-refractivity contribution in [2.45, 2.75) is 13.3 Å². The second-order valence-electron chi connectivity index (χ2n) is 3.07. The van der Waals surface area contributed by atoms with Crippen molar-refractivity contribution in [3.63, 3.8) is 0 Å². The summed E-state index contributed by atoms with van der Waals surface area (Å²) in [5, 5.41) is 2.37. The summed E-state index contributed by atoms with van der Waals surface area (Å²) in [4.78, 5) is 10.8. The van der Waals surface area contributed by atoms with Crippen LogP contribution in [0.3, 0.4) is 0 Å². The van der Waals surface area contributed by atoms with Gasteiger partial charge in [-0.1, -0.05) is 6.92 Å². The lowest BCUT2D eigenvalue weighted by molar-refractivity contribution is 0.112. The standard InChI is InChI=1S/C11H9FOS/c1-2-7-5-8(6-13)11-9(10(7)12)3-4-14-11/h3-6H,2H2,1H3. The fourth-order valence-corrected chi connectivity index (χ4v) is 2.41. The Balaban J connectivity index is 2.86. The van der Waals surface area contributed by atoms with Crippen LogP contribution < -0.4 is 0 Å². The first-order valence-corrected chi connectivity index (χ1v) is 5.29. The van der Waals surface area contributed by atoms with Gasteiger partial charge in [0.2, 0.25) is 0 Å². The van der Waals surface area contributed by atoms with E-state index in [1.165, 1.54) is 11.3 Å². The highest BCUT2D eigenvalue weighted by atomic mass is 32.1. The van der Waals surface area contributed by atoms with Gasteiger partial charge in [0.15, 0.2) is 6.29 Å². The number of fused-ring (bicyclic) bond motifs is 1. The van der Waals surface area contributed by atoms with Gasteiger partial charge in [-0.05, 0) is 29.5 Å². The SMILES string of the molecule is CCc1cc(C=O)c2sccc2c1F. The van der Waals surface area contributed by atoms with Crippen LogP contribution in [0.2, 0.25) is 0 Å². The third kappa shape index (κ3) is 1.24. The number of benzene rings is 1. The van der Waals surface area contributed by atoms with Crippen molar-refractivity contribution in [2.75, 3.05) is 0 Å². The number of hydrogen-bond donors (Lipinski definition) is 0. The summed E-state index contributed by atoms with van der Waals surface area (Å²) in [7, 11) is 0. The molecule has 0 aliphatic heterocycles. The van der Waals surface area contributed by atoms with E-state index in [2.05, 4.69) is 0 Å². The van der Waals surface area contributed by atoms with E-state index in [-0.39, 0.29) is 5.82 Å². The Morgan fingerprint density at radius 3 is 3.00 bits per heavy atom. The van der Waals surface area contributed by atoms with Crippen LogP contribution in [0.4, 0.5) is 4.39 Å². The number of hydrogen-bond acceptors (Lipinski definition) is 2. The van der Waals surface area contributed by atoms with Crippen molar-refractivity contribution in [3.8, 4) is 0 Å². The van der Waals surface area contributed by atoms with Crippen molar-refractivity contribution in [1.82, 2.24) is 0 Å². The molecule has 0 saturated heterocycles. The van der Waals surface area contributed by atoms with Gasteiger partial charge < -0.3 is 0 Å². The molecule has 0 atom stereocenters. The molecule has 0 aliphatic rings. The molecule has 0 saturated carbocycles. The van der Waals surface area contributed by atoms with E-state index in [9.17, 15) is 9.18 Å². The second-order valence-corrected chi connectivity index (χ2v) is 3.99. The highest BCUT2D eigenvalue weighted by Gasteiger charge is 2.11. The molecular weight excluding hydrogens is 199 g/mol. The zero-order valence-corrected chi connectivity index (χ0v) is 8.53. The molecule has 0 aliphatic carbocycles. The lowest BCUT2D eigenvalue weighted by Gasteiger charge is -2.02. The van der Waals surface area contributed by atoms with E-state index in [1.807, 2.05) is 6.92 Å². The average Bonchev–Trinajstić information content (AvgIpc) is 2.68. The van der Waals surface area contributed by atoms with Gasteiger partial charge in [0.1, 0.15) is 5.82 Å². The zero-order valence-electron chi connectivity index (χ0n) is 7.71. The number of halogens is 1. The number of aldehydes is 1. The molecule has 1 aromatic heterocycles. The Kier molecular flexibility index (Phi) is 2.33. The van der Waals surface area contributed by atoms with Crippen molar-refractivity contribution in [2.24, 2.45) is 0 Å². The van der Waals surface area contributed by atoms with Gasteiger partial charge >= 0.3 is 0 Å². The van der Waals surface area contributed by atoms with Crippen LogP contribution in [0.15, 0.2) is 17.5 Å². The fraction of sp³-hybridized carbons (Fsp3) is 0.182. The monoisotopic (exact) mass is 208 g/mol. The summed E-state index contributed by atoms with van der Waals surface area (Å²) in [6.07, 6.45) is 1.40. The number of thiophene rings is 1. The Hall–Kier alpha value is -1.22. The summed E-state index contributed by atoms with van der Waals surface area (Å²) in [6, 6.07) is 3.36. The van der Waals surface area contributed by atoms with E-state index in [4.69, 9.17) is 0 Å². The molecule has 2 rings (SSSR count). The maximum atomic E-state index is 13.7. The van der Waals surface area contributed by atoms with Crippen LogP contribution in [-0.4, -0.2) is 6.29 Å². The molecule has 1 heterocycles. The summed E-state index contributed by atoms with van der Waals surface area (Å²) < 4.78 is 14.5. The molecule has 0 unspecified atom stereocenters. The largest absolute Gasteiger partial charge is 0.298 e. The number of aryl methyl sites for hydroxylation is 1. The van der Waals surface area contributed by atoms with Gasteiger partial charge in [0, 0.05) is 15.6 Å². The molecule has 0 radical (unpaired) electrons. The molecule has 0 spiro atoms. The van der Waals surface area contributed by atoms with Gasteiger partial charge in [0.25, 0.3) is 0 Å². The summed E-state index contributed by atoms with van der Waals surface area (Å²) in [6.45, 7) is 1.88. The van der Waals surface area contributed by atoms with Gasteiger partial charge in [-0.2, -0.15) is 0 Å². The van der Waals surface area contributed by atoms with E-state index >= 15 is 0 Å². The number of rotatable bonds is 2. The average molecular weight is 208 g/mol. The molecule has 2 aromatic rings. The molecule has 1 nitrogen and oxygen atoms in total. The smallest absolute Gasteiger partial charge is 0.151 e. The van der Waals surface area contributed by atoms with Crippen LogP contribution in [0.25, 0.3) is 10.1 Å². The van der Waals surface area contributed by atoms with E-state index in [0.29, 0.717) is 22.9 Å². The lowest BCUT2D eigenvalue weighted by atomic mass is 10.1. The highest BCUT2D eigenvalue weighted by Crippen LogP contribution is 2.29. The first-order valence-electron chi connectivity index (χ1n) is 4.41. The highest BCUT2D eigenvalue weighted by molar-refractivity contribution is 7.17. The third-order valence-corrected chi connectivity index (χ3v) is 3.25. The Labute approximate surface area is 85.2 Å². The van der Waals surface area contributed by atoms with Gasteiger partial charge in [0.05, 0.1) is 0 Å². The minimum absolute atomic E-state index is 0.186. The Morgan fingerprint density at radius 1 is 1.57 bits per heavy atom. The Bertz CT molecular complexity index is 487. The first kappa shape index (κ1) is 9.34. The minimum Gasteiger partial charge on any atom is -0.298 e. The number of carbonyl (C=O) groups is 1. The second kappa shape index (κ2) is 3.50. The zero-order chi connectivity index (χ0) is 10.1. The van der Waals surface area contributed by atoms with Crippen LogP contribution in [0.1, 0.15) is 22.8 Å². The van der Waals surface area contributed by atoms with E-state index in [1.54, 1.807) is 17.5 Å². The van der Waals surface area contributed by atoms with Crippen LogP contribution in [0.5, 0.6) is 0 Å². The molecular formula is C11H9FOS. The molecule has 0 amide bonds. The van der Waals surface area contributed by atoms with Crippen LogP contribution >= 0.6 is 11.3 Å². The summed E-state index contributed by atoms with van der Waals surface area (Å²) >= 11 is 1.40. The molecule has 14 heavy (non-hydrogen) atoms. The van der Waals surface area contributed by atoms with Gasteiger partial charge in [-0.3, -0.25) is 4.79 Å². The molecule has 0 N–H and O–H groups in total. The van der Waals surface area contributed by atoms with Gasteiger partial charge in [-0.15, -0.1) is 11.3 Å². The van der Waals surface area contributed by atoms with Crippen molar-refractivity contribution in [3.05, 3.63) is 34.5 Å². The summed E-state index contributed by atoms with van der Waals surface area (Å²) in [5.74, 6) is -0.186. The third-order valence-electron chi connectivity index (χ3n) is 2.28. The van der Waals surface area contributed by atoms with Crippen molar-refractivity contribution in [1.29, 1.82) is 0 Å². The molecule has 3 heteroatoms. The van der Waals surface area contributed by atoms with Crippen LogP contribution in [0, 0.1) is 5.82 Å². The maximum absolute atomic E-state index is 13.7. The summed E-state index contributed by atoms with van der Waals surface area (Å²) in [5.41, 5.74) is 1.20. The van der Waals surface area contributed by atoms with Gasteiger partial charge in [-0.25, -0.2) is 4.39 Å². The van der Waals surface area contributed by atoms with Crippen molar-refractivity contribution < 1.29 is 9.18 Å².